The van der Waals surface area contributed by atoms with Gasteiger partial charge in [0.1, 0.15) is 0 Å². The number of amides is 1. The number of carbonyl (C=O) groups is 1. The van der Waals surface area contributed by atoms with Crippen molar-refractivity contribution in [3.63, 3.8) is 0 Å². The summed E-state index contributed by atoms with van der Waals surface area (Å²) in [7, 11) is 0. The summed E-state index contributed by atoms with van der Waals surface area (Å²) in [5.74, 6) is 2.22. The molecule has 0 unspecified atom stereocenters. The predicted molar refractivity (Wildman–Crippen MR) is 84.0 cm³/mol. The summed E-state index contributed by atoms with van der Waals surface area (Å²) in [5, 5.41) is 2.86. The van der Waals surface area contributed by atoms with Crippen LogP contribution in [0.5, 0.6) is 0 Å². The Balaban J connectivity index is 2.35. The molecule has 1 rings (SSSR count). The molecule has 0 saturated heterocycles. The van der Waals surface area contributed by atoms with Crippen LogP contribution in [0.3, 0.4) is 0 Å². The number of hydrogen-bond acceptors (Lipinski definition) is 3. The molecular weight excluding hydrogens is 312 g/mol. The SMILES string of the molecule is CC(C)CCSCC(=O)Nc1ccc(N)cc1Br. The quantitative estimate of drug-likeness (QED) is 0.617. The highest BCUT2D eigenvalue weighted by atomic mass is 79.9. The fraction of sp³-hybridized carbons (Fsp3) is 0.462. The first-order valence-electron chi connectivity index (χ1n) is 5.91. The number of nitrogens with two attached hydrogens (primary N) is 1. The highest BCUT2D eigenvalue weighted by Crippen LogP contribution is 2.24. The Kier molecular flexibility index (Phi) is 6.57. The Labute approximate surface area is 121 Å². The van der Waals surface area contributed by atoms with E-state index in [4.69, 9.17) is 5.73 Å². The summed E-state index contributed by atoms with van der Waals surface area (Å²) in [5.41, 5.74) is 7.07. The molecule has 0 saturated carbocycles. The van der Waals surface area contributed by atoms with E-state index >= 15 is 0 Å². The lowest BCUT2D eigenvalue weighted by molar-refractivity contribution is -0.113. The molecule has 0 heterocycles. The van der Waals surface area contributed by atoms with Gasteiger partial charge in [0.25, 0.3) is 0 Å². The maximum Gasteiger partial charge on any atom is 0.234 e. The summed E-state index contributed by atoms with van der Waals surface area (Å²) in [6.07, 6.45) is 1.14. The summed E-state index contributed by atoms with van der Waals surface area (Å²) in [6, 6.07) is 5.35. The van der Waals surface area contributed by atoms with Crippen LogP contribution in [0.15, 0.2) is 22.7 Å². The van der Waals surface area contributed by atoms with Crippen LogP contribution in [0.2, 0.25) is 0 Å². The zero-order valence-corrected chi connectivity index (χ0v) is 13.1. The lowest BCUT2D eigenvalue weighted by Gasteiger charge is -2.08. The van der Waals surface area contributed by atoms with Crippen LogP contribution in [0.1, 0.15) is 20.3 Å². The first kappa shape index (κ1) is 15.4. The van der Waals surface area contributed by atoms with Crippen molar-refractivity contribution in [2.75, 3.05) is 22.6 Å². The fourth-order valence-electron chi connectivity index (χ4n) is 1.30. The maximum absolute atomic E-state index is 11.7. The van der Waals surface area contributed by atoms with Crippen molar-refractivity contribution in [2.45, 2.75) is 20.3 Å². The van der Waals surface area contributed by atoms with Crippen molar-refractivity contribution < 1.29 is 4.79 Å². The number of rotatable bonds is 6. The monoisotopic (exact) mass is 330 g/mol. The van der Waals surface area contributed by atoms with Gasteiger partial charge in [-0.05, 0) is 52.2 Å². The third-order valence-electron chi connectivity index (χ3n) is 2.34. The highest BCUT2D eigenvalue weighted by molar-refractivity contribution is 9.10. The molecule has 0 spiro atoms. The number of anilines is 2. The summed E-state index contributed by atoms with van der Waals surface area (Å²) < 4.78 is 0.808. The molecule has 0 aromatic heterocycles. The minimum Gasteiger partial charge on any atom is -0.399 e. The van der Waals surface area contributed by atoms with Gasteiger partial charge in [0.05, 0.1) is 11.4 Å². The average molecular weight is 331 g/mol. The van der Waals surface area contributed by atoms with Crippen LogP contribution in [0.4, 0.5) is 11.4 Å². The van der Waals surface area contributed by atoms with E-state index in [-0.39, 0.29) is 5.91 Å². The van der Waals surface area contributed by atoms with Crippen molar-refractivity contribution in [1.82, 2.24) is 0 Å². The second kappa shape index (κ2) is 7.69. The lowest BCUT2D eigenvalue weighted by atomic mass is 10.2. The largest absolute Gasteiger partial charge is 0.399 e. The number of hydrogen-bond donors (Lipinski definition) is 2. The van der Waals surface area contributed by atoms with Crippen LogP contribution >= 0.6 is 27.7 Å². The molecule has 18 heavy (non-hydrogen) atoms. The van der Waals surface area contributed by atoms with Gasteiger partial charge in [-0.3, -0.25) is 4.79 Å². The molecule has 0 aliphatic rings. The van der Waals surface area contributed by atoms with Crippen molar-refractivity contribution >= 4 is 45.0 Å². The lowest BCUT2D eigenvalue weighted by Crippen LogP contribution is -2.15. The maximum atomic E-state index is 11.7. The van der Waals surface area contributed by atoms with Crippen molar-refractivity contribution in [3.8, 4) is 0 Å². The van der Waals surface area contributed by atoms with Gasteiger partial charge in [0.15, 0.2) is 0 Å². The zero-order chi connectivity index (χ0) is 13.5. The van der Waals surface area contributed by atoms with Crippen LogP contribution in [-0.2, 0) is 4.79 Å². The van der Waals surface area contributed by atoms with Crippen LogP contribution in [-0.4, -0.2) is 17.4 Å². The van der Waals surface area contributed by atoms with Gasteiger partial charge in [-0.1, -0.05) is 13.8 Å². The summed E-state index contributed by atoms with van der Waals surface area (Å²) in [4.78, 5) is 11.7. The number of benzene rings is 1. The van der Waals surface area contributed by atoms with Gasteiger partial charge in [-0.25, -0.2) is 0 Å². The molecule has 0 aliphatic carbocycles. The molecular formula is C13H19BrN2OS. The smallest absolute Gasteiger partial charge is 0.234 e. The van der Waals surface area contributed by atoms with E-state index in [2.05, 4.69) is 35.1 Å². The molecule has 3 N–H and O–H groups in total. The molecule has 3 nitrogen and oxygen atoms in total. The number of nitrogen functional groups attached to an aromatic ring is 1. The predicted octanol–water partition coefficient (Wildman–Crippen LogP) is 3.75. The van der Waals surface area contributed by atoms with Gasteiger partial charge in [-0.15, -0.1) is 0 Å². The van der Waals surface area contributed by atoms with E-state index in [0.717, 1.165) is 22.3 Å². The van der Waals surface area contributed by atoms with Crippen LogP contribution in [0, 0.1) is 5.92 Å². The fourth-order valence-corrected chi connectivity index (χ4v) is 2.84. The van der Waals surface area contributed by atoms with Crippen molar-refractivity contribution in [3.05, 3.63) is 22.7 Å². The van der Waals surface area contributed by atoms with E-state index in [1.165, 1.54) is 0 Å². The molecule has 1 aromatic rings. The standard InChI is InChI=1S/C13H19BrN2OS/c1-9(2)5-6-18-8-13(17)16-12-4-3-10(15)7-11(12)14/h3-4,7,9H,5-6,8,15H2,1-2H3,(H,16,17). The Bertz CT molecular complexity index is 410. The average Bonchev–Trinajstić information content (AvgIpc) is 2.28. The number of nitrogens with one attached hydrogen (secondary N) is 1. The minimum absolute atomic E-state index is 0.0224. The van der Waals surface area contributed by atoms with E-state index in [0.29, 0.717) is 17.4 Å². The van der Waals surface area contributed by atoms with Crippen LogP contribution < -0.4 is 11.1 Å². The Morgan fingerprint density at radius 3 is 2.83 bits per heavy atom. The molecule has 0 radical (unpaired) electrons. The zero-order valence-electron chi connectivity index (χ0n) is 10.7. The minimum atomic E-state index is 0.0224. The Hall–Kier alpha value is -0.680. The number of carbonyl (C=O) groups excluding carboxylic acids is 1. The molecule has 0 atom stereocenters. The van der Waals surface area contributed by atoms with E-state index in [1.807, 2.05) is 0 Å². The second-order valence-electron chi connectivity index (χ2n) is 4.52. The molecule has 0 fully saturated rings. The third-order valence-corrected chi connectivity index (χ3v) is 3.99. The number of thioether (sulfide) groups is 1. The molecule has 0 aliphatic heterocycles. The van der Waals surface area contributed by atoms with Gasteiger partial charge < -0.3 is 11.1 Å². The molecule has 1 aromatic carbocycles. The van der Waals surface area contributed by atoms with Gasteiger partial charge in [0.2, 0.25) is 5.91 Å². The summed E-state index contributed by atoms with van der Waals surface area (Å²) in [6.45, 7) is 4.37. The third kappa shape index (κ3) is 5.78. The first-order valence-corrected chi connectivity index (χ1v) is 7.86. The van der Waals surface area contributed by atoms with Gasteiger partial charge in [0, 0.05) is 10.2 Å². The Morgan fingerprint density at radius 2 is 2.22 bits per heavy atom. The molecule has 100 valence electrons. The molecule has 1 amide bonds. The van der Waals surface area contributed by atoms with E-state index in [1.54, 1.807) is 30.0 Å². The highest BCUT2D eigenvalue weighted by Gasteiger charge is 2.06. The van der Waals surface area contributed by atoms with Crippen molar-refractivity contribution in [1.29, 1.82) is 0 Å². The van der Waals surface area contributed by atoms with E-state index in [9.17, 15) is 4.79 Å². The normalized spacial score (nSPS) is 10.7. The molecule has 0 bridgehead atoms. The first-order chi connectivity index (χ1) is 8.49. The van der Waals surface area contributed by atoms with E-state index < -0.39 is 0 Å². The molecule has 5 heteroatoms. The summed E-state index contributed by atoms with van der Waals surface area (Å²) >= 11 is 5.04. The topological polar surface area (TPSA) is 55.1 Å². The van der Waals surface area contributed by atoms with Gasteiger partial charge in [-0.2, -0.15) is 11.8 Å². The Morgan fingerprint density at radius 1 is 1.50 bits per heavy atom. The second-order valence-corrected chi connectivity index (χ2v) is 6.48. The number of halogens is 1. The van der Waals surface area contributed by atoms with Crippen LogP contribution in [0.25, 0.3) is 0 Å². The van der Waals surface area contributed by atoms with Gasteiger partial charge >= 0.3 is 0 Å². The van der Waals surface area contributed by atoms with Crippen molar-refractivity contribution in [2.24, 2.45) is 5.92 Å².